The molecule has 0 radical (unpaired) electrons. The maximum Gasteiger partial charge on any atom is 0.0781 e. The SMILES string of the molecule is CCC[N+](C)(CCC)CCC.CC[N+](C)(CC)CC.[Cl-].[Cl-]. The molecule has 0 spiro atoms. The summed E-state index contributed by atoms with van der Waals surface area (Å²) in [5.74, 6) is 0. The van der Waals surface area contributed by atoms with Crippen LogP contribution in [0.2, 0.25) is 0 Å². The third-order valence-corrected chi connectivity index (χ3v) is 4.58. The molecule has 0 fully saturated rings. The summed E-state index contributed by atoms with van der Waals surface area (Å²) in [4.78, 5) is 0. The molecular weight excluding hydrogens is 303 g/mol. The van der Waals surface area contributed by atoms with E-state index in [1.807, 2.05) is 0 Å². The molecule has 0 bridgehead atoms. The molecule has 4 heteroatoms. The summed E-state index contributed by atoms with van der Waals surface area (Å²) < 4.78 is 2.49. The number of quaternary nitrogens is 2. The monoisotopic (exact) mass is 344 g/mol. The van der Waals surface area contributed by atoms with E-state index in [9.17, 15) is 0 Å². The second-order valence-electron chi connectivity index (χ2n) is 6.36. The van der Waals surface area contributed by atoms with Gasteiger partial charge in [0.1, 0.15) is 0 Å². The number of hydrogen-bond donors (Lipinski definition) is 0. The molecule has 2 nitrogen and oxygen atoms in total. The minimum Gasteiger partial charge on any atom is -1.00 e. The molecule has 0 heterocycles. The molecule has 0 aromatic carbocycles. The minimum absolute atomic E-state index is 0. The van der Waals surface area contributed by atoms with E-state index in [0.29, 0.717) is 0 Å². The average molecular weight is 345 g/mol. The molecule has 0 aromatic rings. The van der Waals surface area contributed by atoms with Crippen molar-refractivity contribution in [3.8, 4) is 0 Å². The zero-order valence-electron chi connectivity index (χ0n) is 16.0. The molecule has 21 heavy (non-hydrogen) atoms. The first-order chi connectivity index (χ1) is 8.86. The summed E-state index contributed by atoms with van der Waals surface area (Å²) in [6.45, 7) is 21.4. The van der Waals surface area contributed by atoms with Crippen LogP contribution < -0.4 is 24.8 Å². The summed E-state index contributed by atoms with van der Waals surface area (Å²) in [5.41, 5.74) is 0. The number of halogens is 2. The first-order valence-corrected chi connectivity index (χ1v) is 8.53. The van der Waals surface area contributed by atoms with Crippen molar-refractivity contribution in [3.63, 3.8) is 0 Å². The standard InChI is InChI=1S/C10H24N.C7H18N.2ClH/c1-5-8-11(4,9-6-2)10-7-3;1-5-8(4,6-2)7-3;;/h5-10H2,1-4H3;5-7H2,1-4H3;2*1H/q2*+1;;/p-2. The van der Waals surface area contributed by atoms with Gasteiger partial charge in [0.2, 0.25) is 0 Å². The van der Waals surface area contributed by atoms with Crippen LogP contribution in [0.1, 0.15) is 60.8 Å². The van der Waals surface area contributed by atoms with Crippen molar-refractivity contribution in [2.24, 2.45) is 0 Å². The zero-order valence-corrected chi connectivity index (χ0v) is 17.5. The van der Waals surface area contributed by atoms with Gasteiger partial charge in [-0.2, -0.15) is 0 Å². The summed E-state index contributed by atoms with van der Waals surface area (Å²) in [6, 6.07) is 0. The first kappa shape index (κ1) is 29.5. The average Bonchev–Trinajstić information content (AvgIpc) is 2.39. The lowest BCUT2D eigenvalue weighted by Crippen LogP contribution is -3.00. The fourth-order valence-corrected chi connectivity index (χ4v) is 2.63. The molecule has 0 aliphatic carbocycles. The summed E-state index contributed by atoms with van der Waals surface area (Å²) in [6.07, 6.45) is 3.95. The van der Waals surface area contributed by atoms with Crippen LogP contribution in [0.3, 0.4) is 0 Å². The van der Waals surface area contributed by atoms with Crippen LogP contribution in [0.4, 0.5) is 0 Å². The Kier molecular flexibility index (Phi) is 23.7. The van der Waals surface area contributed by atoms with E-state index < -0.39 is 0 Å². The maximum absolute atomic E-state index is 2.39. The third-order valence-electron chi connectivity index (χ3n) is 4.58. The van der Waals surface area contributed by atoms with Crippen molar-refractivity contribution < 1.29 is 33.8 Å². The number of rotatable bonds is 9. The third kappa shape index (κ3) is 15.2. The largest absolute Gasteiger partial charge is 1.00 e. The van der Waals surface area contributed by atoms with Crippen molar-refractivity contribution in [2.75, 3.05) is 53.4 Å². The van der Waals surface area contributed by atoms with E-state index in [-0.39, 0.29) is 24.8 Å². The van der Waals surface area contributed by atoms with E-state index in [4.69, 9.17) is 0 Å². The zero-order chi connectivity index (χ0) is 15.4. The van der Waals surface area contributed by atoms with Gasteiger partial charge in [-0.25, -0.2) is 0 Å². The molecule has 0 atom stereocenters. The minimum atomic E-state index is 0. The molecule has 134 valence electrons. The van der Waals surface area contributed by atoms with Gasteiger partial charge in [-0.05, 0) is 40.0 Å². The Hall–Kier alpha value is 0.500. The van der Waals surface area contributed by atoms with Crippen LogP contribution in [-0.4, -0.2) is 62.3 Å². The molecule has 0 aliphatic heterocycles. The van der Waals surface area contributed by atoms with E-state index in [0.717, 1.165) is 0 Å². The van der Waals surface area contributed by atoms with Crippen LogP contribution >= 0.6 is 0 Å². The van der Waals surface area contributed by atoms with Gasteiger partial charge in [-0.3, -0.25) is 0 Å². The maximum atomic E-state index is 2.39. The second-order valence-corrected chi connectivity index (χ2v) is 6.36. The summed E-state index contributed by atoms with van der Waals surface area (Å²) >= 11 is 0. The van der Waals surface area contributed by atoms with E-state index >= 15 is 0 Å². The van der Waals surface area contributed by atoms with Crippen molar-refractivity contribution >= 4 is 0 Å². The predicted octanol–water partition coefficient (Wildman–Crippen LogP) is -1.84. The van der Waals surface area contributed by atoms with Gasteiger partial charge >= 0.3 is 0 Å². The van der Waals surface area contributed by atoms with Gasteiger partial charge in [0.05, 0.1) is 53.4 Å². The molecule has 0 N–H and O–H groups in total. The predicted molar refractivity (Wildman–Crippen MR) is 89.5 cm³/mol. The quantitative estimate of drug-likeness (QED) is 0.431. The summed E-state index contributed by atoms with van der Waals surface area (Å²) in [7, 11) is 4.68. The normalized spacial score (nSPS) is 10.9. The Labute approximate surface area is 148 Å². The summed E-state index contributed by atoms with van der Waals surface area (Å²) in [5, 5.41) is 0. The lowest BCUT2D eigenvalue weighted by atomic mass is 10.2. The second kappa shape index (κ2) is 16.9. The molecule has 0 amide bonds. The Balaban J connectivity index is -0.000000131. The smallest absolute Gasteiger partial charge is 0.0781 e. The number of nitrogens with zero attached hydrogens (tertiary/aromatic N) is 2. The Morgan fingerprint density at radius 1 is 0.476 bits per heavy atom. The topological polar surface area (TPSA) is 0 Å². The van der Waals surface area contributed by atoms with Gasteiger partial charge < -0.3 is 33.8 Å². The van der Waals surface area contributed by atoms with Crippen molar-refractivity contribution in [3.05, 3.63) is 0 Å². The van der Waals surface area contributed by atoms with Crippen molar-refractivity contribution in [2.45, 2.75) is 60.8 Å². The van der Waals surface area contributed by atoms with Gasteiger partial charge in [0.15, 0.2) is 0 Å². The molecule has 0 aromatic heterocycles. The fraction of sp³-hybridized carbons (Fsp3) is 1.00. The van der Waals surface area contributed by atoms with Gasteiger partial charge in [-0.15, -0.1) is 0 Å². The fourth-order valence-electron chi connectivity index (χ4n) is 2.63. The Morgan fingerprint density at radius 3 is 0.810 bits per heavy atom. The lowest BCUT2D eigenvalue weighted by Gasteiger charge is -2.33. The van der Waals surface area contributed by atoms with Crippen molar-refractivity contribution in [1.82, 2.24) is 0 Å². The van der Waals surface area contributed by atoms with E-state index in [2.05, 4.69) is 55.6 Å². The molecule has 0 saturated carbocycles. The number of hydrogen-bond acceptors (Lipinski definition) is 0. The van der Waals surface area contributed by atoms with E-state index in [1.54, 1.807) is 0 Å². The Morgan fingerprint density at radius 2 is 0.714 bits per heavy atom. The molecule has 0 unspecified atom stereocenters. The van der Waals surface area contributed by atoms with Crippen LogP contribution in [0, 0.1) is 0 Å². The van der Waals surface area contributed by atoms with Gasteiger partial charge in [0, 0.05) is 0 Å². The van der Waals surface area contributed by atoms with Crippen molar-refractivity contribution in [1.29, 1.82) is 0 Å². The van der Waals surface area contributed by atoms with E-state index in [1.165, 1.54) is 67.5 Å². The molecular formula is C17H42Cl2N2. The molecule has 0 aliphatic rings. The highest BCUT2D eigenvalue weighted by atomic mass is 35.5. The van der Waals surface area contributed by atoms with Crippen LogP contribution in [0.25, 0.3) is 0 Å². The molecule has 0 saturated heterocycles. The Bertz CT molecular complexity index is 170. The van der Waals surface area contributed by atoms with Gasteiger partial charge in [0.25, 0.3) is 0 Å². The lowest BCUT2D eigenvalue weighted by molar-refractivity contribution is -0.909. The van der Waals surface area contributed by atoms with Crippen LogP contribution in [0.5, 0.6) is 0 Å². The highest BCUT2D eigenvalue weighted by Gasteiger charge is 2.16. The first-order valence-electron chi connectivity index (χ1n) is 8.53. The molecule has 0 rings (SSSR count). The highest BCUT2D eigenvalue weighted by Crippen LogP contribution is 2.06. The van der Waals surface area contributed by atoms with Gasteiger partial charge in [-0.1, -0.05) is 20.8 Å². The van der Waals surface area contributed by atoms with Crippen LogP contribution in [0.15, 0.2) is 0 Å². The highest BCUT2D eigenvalue weighted by molar-refractivity contribution is 4.37. The van der Waals surface area contributed by atoms with Crippen LogP contribution in [-0.2, 0) is 0 Å².